The molecule has 6 heteroatoms. The Bertz CT molecular complexity index is 1240. The molecule has 0 spiro atoms. The van der Waals surface area contributed by atoms with E-state index in [1.165, 1.54) is 6.42 Å². The minimum atomic E-state index is -1.22. The lowest BCUT2D eigenvalue weighted by atomic mass is 9.90. The summed E-state index contributed by atoms with van der Waals surface area (Å²) in [6.07, 6.45) is 5.17. The molecule has 0 bridgehead atoms. The SMILES string of the molecule is C[C@]1(c2ccc3ccccc3c2)NC(=O)N(CC(=O)N(c2ccccc2)C2CCCCC2)C1=O. The zero-order chi connectivity index (χ0) is 23.7. The third-order valence-electron chi connectivity index (χ3n) is 7.14. The van der Waals surface area contributed by atoms with Gasteiger partial charge in [-0.15, -0.1) is 0 Å². The van der Waals surface area contributed by atoms with Crippen LogP contribution < -0.4 is 10.2 Å². The molecule has 174 valence electrons. The molecule has 6 nitrogen and oxygen atoms in total. The number of hydrogen-bond acceptors (Lipinski definition) is 3. The first-order chi connectivity index (χ1) is 16.5. The van der Waals surface area contributed by atoms with Gasteiger partial charge < -0.3 is 10.2 Å². The van der Waals surface area contributed by atoms with Crippen molar-refractivity contribution in [2.24, 2.45) is 0 Å². The van der Waals surface area contributed by atoms with Crippen molar-refractivity contribution >= 4 is 34.3 Å². The standard InChI is InChI=1S/C28H29N3O3/c1-28(22-17-16-20-10-8-9-11-21(20)18-22)26(33)30(27(34)29-28)19-25(32)31(23-12-4-2-5-13-23)24-14-6-3-7-15-24/h2,4-5,8-13,16-18,24H,3,6-7,14-15,19H2,1H3,(H,29,34)/t28-/m1/s1. The Morgan fingerprint density at radius 3 is 2.35 bits per heavy atom. The van der Waals surface area contributed by atoms with Gasteiger partial charge in [0.15, 0.2) is 0 Å². The Morgan fingerprint density at radius 1 is 0.941 bits per heavy atom. The van der Waals surface area contributed by atoms with Gasteiger partial charge in [-0.3, -0.25) is 14.5 Å². The molecular weight excluding hydrogens is 426 g/mol. The van der Waals surface area contributed by atoms with Crippen LogP contribution in [0.3, 0.4) is 0 Å². The number of para-hydroxylation sites is 1. The number of anilines is 1. The Labute approximate surface area is 199 Å². The van der Waals surface area contributed by atoms with Crippen molar-refractivity contribution < 1.29 is 14.4 Å². The van der Waals surface area contributed by atoms with E-state index in [1.807, 2.05) is 72.8 Å². The molecule has 1 saturated heterocycles. The monoisotopic (exact) mass is 455 g/mol. The number of nitrogens with one attached hydrogen (secondary N) is 1. The van der Waals surface area contributed by atoms with Gasteiger partial charge >= 0.3 is 6.03 Å². The molecule has 0 radical (unpaired) electrons. The first kappa shape index (κ1) is 22.1. The first-order valence-corrected chi connectivity index (χ1v) is 12.0. The number of hydrogen-bond donors (Lipinski definition) is 1. The van der Waals surface area contributed by atoms with Gasteiger partial charge in [-0.2, -0.15) is 0 Å². The van der Waals surface area contributed by atoms with Crippen LogP contribution in [0.2, 0.25) is 0 Å². The van der Waals surface area contributed by atoms with Crippen molar-refractivity contribution in [1.82, 2.24) is 10.2 Å². The van der Waals surface area contributed by atoms with Crippen molar-refractivity contribution in [3.8, 4) is 0 Å². The lowest BCUT2D eigenvalue weighted by Crippen LogP contribution is -2.48. The topological polar surface area (TPSA) is 69.7 Å². The molecule has 1 atom stereocenters. The second kappa shape index (κ2) is 8.93. The van der Waals surface area contributed by atoms with Crippen LogP contribution in [0.25, 0.3) is 10.8 Å². The molecule has 0 unspecified atom stereocenters. The molecule has 0 aromatic heterocycles. The number of amides is 4. The molecule has 2 fully saturated rings. The highest BCUT2D eigenvalue weighted by Gasteiger charge is 2.50. The molecule has 1 aliphatic carbocycles. The average Bonchev–Trinajstić information content (AvgIpc) is 3.09. The zero-order valence-electron chi connectivity index (χ0n) is 19.4. The maximum Gasteiger partial charge on any atom is 0.325 e. The Kier molecular flexibility index (Phi) is 5.82. The quantitative estimate of drug-likeness (QED) is 0.552. The number of imide groups is 1. The van der Waals surface area contributed by atoms with Gasteiger partial charge in [-0.25, -0.2) is 4.79 Å². The largest absolute Gasteiger partial charge is 0.325 e. The van der Waals surface area contributed by atoms with Crippen LogP contribution in [0.5, 0.6) is 0 Å². The van der Waals surface area contributed by atoms with E-state index in [-0.39, 0.29) is 18.5 Å². The summed E-state index contributed by atoms with van der Waals surface area (Å²) >= 11 is 0. The summed E-state index contributed by atoms with van der Waals surface area (Å²) in [6, 6.07) is 22.7. The van der Waals surface area contributed by atoms with Gasteiger partial charge in [0.1, 0.15) is 12.1 Å². The molecule has 1 N–H and O–H groups in total. The maximum atomic E-state index is 13.6. The molecule has 3 aromatic carbocycles. The van der Waals surface area contributed by atoms with Crippen LogP contribution in [0.4, 0.5) is 10.5 Å². The number of benzene rings is 3. The molecule has 4 amide bonds. The van der Waals surface area contributed by atoms with E-state index in [2.05, 4.69) is 5.32 Å². The average molecular weight is 456 g/mol. The highest BCUT2D eigenvalue weighted by molar-refractivity contribution is 6.11. The molecule has 34 heavy (non-hydrogen) atoms. The summed E-state index contributed by atoms with van der Waals surface area (Å²) in [6.45, 7) is 1.43. The second-order valence-electron chi connectivity index (χ2n) is 9.40. The normalized spacial score (nSPS) is 21.0. The predicted octanol–water partition coefficient (Wildman–Crippen LogP) is 4.97. The van der Waals surface area contributed by atoms with Gasteiger partial charge in [-0.05, 0) is 54.3 Å². The summed E-state index contributed by atoms with van der Waals surface area (Å²) in [5, 5.41) is 4.89. The minimum Gasteiger partial charge on any atom is -0.319 e. The molecular formula is C28H29N3O3. The zero-order valence-corrected chi connectivity index (χ0v) is 19.4. The van der Waals surface area contributed by atoms with E-state index >= 15 is 0 Å². The number of carbonyl (C=O) groups excluding carboxylic acids is 3. The smallest absolute Gasteiger partial charge is 0.319 e. The fourth-order valence-corrected chi connectivity index (χ4v) is 5.23. The van der Waals surface area contributed by atoms with Gasteiger partial charge in [0.25, 0.3) is 5.91 Å². The van der Waals surface area contributed by atoms with Crippen molar-refractivity contribution in [2.45, 2.75) is 50.6 Å². The molecule has 1 saturated carbocycles. The van der Waals surface area contributed by atoms with Gasteiger partial charge in [-0.1, -0.05) is 73.9 Å². The van der Waals surface area contributed by atoms with Crippen molar-refractivity contribution in [1.29, 1.82) is 0 Å². The fourth-order valence-electron chi connectivity index (χ4n) is 5.23. The third kappa shape index (κ3) is 3.94. The maximum absolute atomic E-state index is 13.6. The summed E-state index contributed by atoms with van der Waals surface area (Å²) in [5.74, 6) is -0.637. The second-order valence-corrected chi connectivity index (χ2v) is 9.40. The summed E-state index contributed by atoms with van der Waals surface area (Å²) in [7, 11) is 0. The highest BCUT2D eigenvalue weighted by atomic mass is 16.2. The Hall–Kier alpha value is -3.67. The number of nitrogens with zero attached hydrogens (tertiary/aromatic N) is 2. The van der Waals surface area contributed by atoms with Crippen LogP contribution in [0.15, 0.2) is 72.8 Å². The van der Waals surface area contributed by atoms with Crippen molar-refractivity contribution in [2.75, 3.05) is 11.4 Å². The third-order valence-corrected chi connectivity index (χ3v) is 7.14. The Balaban J connectivity index is 1.41. The van der Waals surface area contributed by atoms with Gasteiger partial charge in [0, 0.05) is 11.7 Å². The number of carbonyl (C=O) groups is 3. The van der Waals surface area contributed by atoms with E-state index in [0.29, 0.717) is 5.56 Å². The fraction of sp³-hybridized carbons (Fsp3) is 0.321. The molecule has 1 aliphatic heterocycles. The Morgan fingerprint density at radius 2 is 1.62 bits per heavy atom. The van der Waals surface area contributed by atoms with Crippen molar-refractivity contribution in [3.63, 3.8) is 0 Å². The van der Waals surface area contributed by atoms with E-state index < -0.39 is 17.5 Å². The van der Waals surface area contributed by atoms with Crippen LogP contribution in [0, 0.1) is 0 Å². The van der Waals surface area contributed by atoms with E-state index in [9.17, 15) is 14.4 Å². The van der Waals surface area contributed by atoms with Crippen LogP contribution >= 0.6 is 0 Å². The summed E-state index contributed by atoms with van der Waals surface area (Å²) < 4.78 is 0. The van der Waals surface area contributed by atoms with Crippen molar-refractivity contribution in [3.05, 3.63) is 78.4 Å². The van der Waals surface area contributed by atoms with Gasteiger partial charge in [0.05, 0.1) is 0 Å². The lowest BCUT2D eigenvalue weighted by molar-refractivity contribution is -0.134. The molecule has 1 heterocycles. The first-order valence-electron chi connectivity index (χ1n) is 12.0. The summed E-state index contributed by atoms with van der Waals surface area (Å²) in [5.41, 5.74) is 0.291. The molecule has 5 rings (SSSR count). The molecule has 3 aromatic rings. The van der Waals surface area contributed by atoms with E-state index in [1.54, 1.807) is 11.8 Å². The number of fused-ring (bicyclic) bond motifs is 1. The number of urea groups is 1. The van der Waals surface area contributed by atoms with Gasteiger partial charge in [0.2, 0.25) is 5.91 Å². The van der Waals surface area contributed by atoms with Crippen LogP contribution in [0.1, 0.15) is 44.6 Å². The summed E-state index contributed by atoms with van der Waals surface area (Å²) in [4.78, 5) is 42.9. The van der Waals surface area contributed by atoms with Crippen LogP contribution in [-0.2, 0) is 15.1 Å². The minimum absolute atomic E-state index is 0.0799. The van der Waals surface area contributed by atoms with Crippen LogP contribution in [-0.4, -0.2) is 35.3 Å². The predicted molar refractivity (Wildman–Crippen MR) is 132 cm³/mol. The van der Waals surface area contributed by atoms with E-state index in [0.717, 1.165) is 47.0 Å². The number of rotatable bonds is 5. The highest BCUT2D eigenvalue weighted by Crippen LogP contribution is 2.32. The lowest BCUT2D eigenvalue weighted by Gasteiger charge is -2.35. The molecule has 2 aliphatic rings. The van der Waals surface area contributed by atoms with E-state index in [4.69, 9.17) is 0 Å².